The van der Waals surface area contributed by atoms with Gasteiger partial charge in [0.1, 0.15) is 6.29 Å². The number of unbranched alkanes of at least 4 members (excludes halogenated alkanes) is 1. The summed E-state index contributed by atoms with van der Waals surface area (Å²) in [5.74, 6) is 5.73. The molecule has 3 heteroatoms. The highest BCUT2D eigenvalue weighted by molar-refractivity contribution is 5.49. The van der Waals surface area contributed by atoms with Gasteiger partial charge in [-0.3, -0.25) is 0 Å². The maximum Gasteiger partial charge on any atom is 0.154 e. The summed E-state index contributed by atoms with van der Waals surface area (Å²) in [7, 11) is 3.21. The summed E-state index contributed by atoms with van der Waals surface area (Å²) in [6, 6.07) is 0. The van der Waals surface area contributed by atoms with Crippen molar-refractivity contribution in [1.29, 1.82) is 0 Å². The van der Waals surface area contributed by atoms with E-state index in [9.17, 15) is 4.79 Å². The summed E-state index contributed by atoms with van der Waals surface area (Å²) in [6.07, 6.45) is 3.01. The van der Waals surface area contributed by atoms with E-state index in [4.69, 9.17) is 0 Å². The van der Waals surface area contributed by atoms with Crippen LogP contribution in [-0.2, 0) is 14.3 Å². The van der Waals surface area contributed by atoms with Gasteiger partial charge >= 0.3 is 0 Å². The number of hydrogen-bond acceptors (Lipinski definition) is 3. The second-order valence-electron chi connectivity index (χ2n) is 2.45. The van der Waals surface area contributed by atoms with Gasteiger partial charge in [-0.2, -0.15) is 0 Å². The highest BCUT2D eigenvalue weighted by atomic mass is 16.7. The van der Waals surface area contributed by atoms with E-state index in [0.717, 1.165) is 19.1 Å². The van der Waals surface area contributed by atoms with Gasteiger partial charge in [0.05, 0.1) is 0 Å². The first-order chi connectivity index (χ1) is 6.72. The van der Waals surface area contributed by atoms with E-state index in [-0.39, 0.29) is 6.29 Å². The van der Waals surface area contributed by atoms with Gasteiger partial charge in [0.25, 0.3) is 0 Å². The third-order valence-corrected chi connectivity index (χ3v) is 1.35. The number of rotatable bonds is 4. The molecule has 82 valence electrons. The van der Waals surface area contributed by atoms with Crippen molar-refractivity contribution in [2.24, 2.45) is 0 Å². The van der Waals surface area contributed by atoms with Crippen molar-refractivity contribution in [2.75, 3.05) is 14.2 Å². The molecule has 0 aromatic carbocycles. The summed E-state index contributed by atoms with van der Waals surface area (Å²) in [5.41, 5.74) is 0. The first kappa shape index (κ1) is 15.6. The molecule has 14 heavy (non-hydrogen) atoms. The molecule has 0 bridgehead atoms. The molecule has 0 aliphatic carbocycles. The van der Waals surface area contributed by atoms with Crippen molar-refractivity contribution < 1.29 is 14.3 Å². The van der Waals surface area contributed by atoms with Gasteiger partial charge in [0.15, 0.2) is 6.29 Å². The van der Waals surface area contributed by atoms with Crippen molar-refractivity contribution in [1.82, 2.24) is 0 Å². The van der Waals surface area contributed by atoms with E-state index in [0.29, 0.717) is 6.42 Å². The van der Waals surface area contributed by atoms with Crippen LogP contribution >= 0.6 is 0 Å². The van der Waals surface area contributed by atoms with Crippen LogP contribution in [0.25, 0.3) is 0 Å². The van der Waals surface area contributed by atoms with Gasteiger partial charge in [0, 0.05) is 33.5 Å². The van der Waals surface area contributed by atoms with E-state index >= 15 is 0 Å². The standard InChI is InChI=1S/C7H10O.C4H10O2/c1-2-3-4-5-6-7-8;1-4(5-2)6-3/h7H,2,5-6H2,1H3;4H,1-3H3. The van der Waals surface area contributed by atoms with Crippen LogP contribution < -0.4 is 0 Å². The maximum absolute atomic E-state index is 9.70. The summed E-state index contributed by atoms with van der Waals surface area (Å²) in [6.45, 7) is 3.83. The summed E-state index contributed by atoms with van der Waals surface area (Å²) in [4.78, 5) is 9.70. The van der Waals surface area contributed by atoms with Crippen LogP contribution in [0.2, 0.25) is 0 Å². The Bertz CT molecular complexity index is 163. The number of hydrogen-bond donors (Lipinski definition) is 0. The van der Waals surface area contributed by atoms with Crippen LogP contribution in [-0.4, -0.2) is 26.8 Å². The molecule has 0 aromatic heterocycles. The Morgan fingerprint density at radius 2 is 1.86 bits per heavy atom. The van der Waals surface area contributed by atoms with Crippen LogP contribution in [0.3, 0.4) is 0 Å². The lowest BCUT2D eigenvalue weighted by Gasteiger charge is -2.03. The van der Waals surface area contributed by atoms with Gasteiger partial charge in [-0.05, 0) is 6.92 Å². The van der Waals surface area contributed by atoms with Crippen LogP contribution in [0, 0.1) is 11.8 Å². The molecule has 0 N–H and O–H groups in total. The summed E-state index contributed by atoms with van der Waals surface area (Å²) < 4.78 is 9.35. The molecule has 0 unspecified atom stereocenters. The predicted octanol–water partition coefficient (Wildman–Crippen LogP) is 2.00. The Hall–Kier alpha value is -0.850. The molecular formula is C11H20O3. The first-order valence-corrected chi connectivity index (χ1v) is 4.67. The van der Waals surface area contributed by atoms with Gasteiger partial charge in [-0.1, -0.05) is 6.92 Å². The highest BCUT2D eigenvalue weighted by Gasteiger charge is 1.87. The Kier molecular flexibility index (Phi) is 16.4. The summed E-state index contributed by atoms with van der Waals surface area (Å²) >= 11 is 0. The quantitative estimate of drug-likeness (QED) is 0.301. The fraction of sp³-hybridized carbons (Fsp3) is 0.727. The first-order valence-electron chi connectivity index (χ1n) is 4.67. The second-order valence-corrected chi connectivity index (χ2v) is 2.45. The third-order valence-electron chi connectivity index (χ3n) is 1.35. The minimum Gasteiger partial charge on any atom is -0.356 e. The fourth-order valence-corrected chi connectivity index (χ4v) is 0.441. The lowest BCUT2D eigenvalue weighted by Crippen LogP contribution is -2.05. The molecule has 0 fully saturated rings. The molecular weight excluding hydrogens is 180 g/mol. The van der Waals surface area contributed by atoms with E-state index < -0.39 is 0 Å². The minimum absolute atomic E-state index is 0.0648. The number of methoxy groups -OCH3 is 2. The third kappa shape index (κ3) is 17.3. The molecule has 0 saturated heterocycles. The topological polar surface area (TPSA) is 35.5 Å². The average Bonchev–Trinajstić information content (AvgIpc) is 2.24. The molecule has 0 rings (SSSR count). The maximum atomic E-state index is 9.70. The van der Waals surface area contributed by atoms with Crippen LogP contribution in [0.4, 0.5) is 0 Å². The zero-order chi connectivity index (χ0) is 11.2. The molecule has 0 atom stereocenters. The molecule has 0 aromatic rings. The van der Waals surface area contributed by atoms with E-state index in [1.807, 2.05) is 13.8 Å². The summed E-state index contributed by atoms with van der Waals surface area (Å²) in [5, 5.41) is 0. The van der Waals surface area contributed by atoms with E-state index in [1.54, 1.807) is 14.2 Å². The Morgan fingerprint density at radius 3 is 2.14 bits per heavy atom. The molecule has 0 aliphatic heterocycles. The molecule has 0 radical (unpaired) electrons. The predicted molar refractivity (Wildman–Crippen MR) is 56.8 cm³/mol. The normalized spacial score (nSPS) is 8.36. The van der Waals surface area contributed by atoms with Crippen molar-refractivity contribution in [3.63, 3.8) is 0 Å². The smallest absolute Gasteiger partial charge is 0.154 e. The Balaban J connectivity index is 0. The van der Waals surface area contributed by atoms with E-state index in [2.05, 4.69) is 21.3 Å². The fourth-order valence-electron chi connectivity index (χ4n) is 0.441. The van der Waals surface area contributed by atoms with Crippen molar-refractivity contribution >= 4 is 6.29 Å². The zero-order valence-electron chi connectivity index (χ0n) is 9.50. The van der Waals surface area contributed by atoms with Gasteiger partial charge in [-0.25, -0.2) is 0 Å². The number of carbonyl (C=O) groups is 1. The SMILES string of the molecule is CCC#CCCC=O.COC(C)OC. The molecule has 0 heterocycles. The van der Waals surface area contributed by atoms with Crippen molar-refractivity contribution in [3.05, 3.63) is 0 Å². The molecule has 0 saturated carbocycles. The minimum atomic E-state index is -0.0648. The lowest BCUT2D eigenvalue weighted by atomic mass is 10.3. The van der Waals surface area contributed by atoms with Gasteiger partial charge in [0.2, 0.25) is 0 Å². The number of aldehydes is 1. The number of ether oxygens (including phenoxy) is 2. The Morgan fingerprint density at radius 1 is 1.29 bits per heavy atom. The molecule has 0 aliphatic rings. The molecule has 0 amide bonds. The van der Waals surface area contributed by atoms with Gasteiger partial charge < -0.3 is 14.3 Å². The van der Waals surface area contributed by atoms with Crippen LogP contribution in [0.1, 0.15) is 33.1 Å². The lowest BCUT2D eigenvalue weighted by molar-refractivity contribution is -0.107. The Labute approximate surface area is 86.8 Å². The van der Waals surface area contributed by atoms with Crippen LogP contribution in [0.15, 0.2) is 0 Å². The zero-order valence-corrected chi connectivity index (χ0v) is 9.50. The molecule has 0 spiro atoms. The van der Waals surface area contributed by atoms with Gasteiger partial charge in [-0.15, -0.1) is 11.8 Å². The van der Waals surface area contributed by atoms with Crippen molar-refractivity contribution in [2.45, 2.75) is 39.4 Å². The van der Waals surface area contributed by atoms with Crippen molar-refractivity contribution in [3.8, 4) is 11.8 Å². The average molecular weight is 200 g/mol. The highest BCUT2D eigenvalue weighted by Crippen LogP contribution is 1.83. The second kappa shape index (κ2) is 14.7. The largest absolute Gasteiger partial charge is 0.356 e. The molecule has 3 nitrogen and oxygen atoms in total. The number of carbonyl (C=O) groups excluding carboxylic acids is 1. The van der Waals surface area contributed by atoms with Crippen LogP contribution in [0.5, 0.6) is 0 Å². The monoisotopic (exact) mass is 200 g/mol. The van der Waals surface area contributed by atoms with E-state index in [1.165, 1.54) is 0 Å².